The molecule has 2 heteroatoms. The number of halogens is 1. The lowest BCUT2D eigenvalue weighted by Crippen LogP contribution is -2.02. The average molecular weight is 211 g/mol. The number of hydrogen-bond donors (Lipinski definition) is 0. The summed E-state index contributed by atoms with van der Waals surface area (Å²) in [5.41, 5.74) is 2.24. The molecule has 0 saturated heterocycles. The third-order valence-electron chi connectivity index (χ3n) is 2.42. The summed E-state index contributed by atoms with van der Waals surface area (Å²) in [7, 11) is 0. The summed E-state index contributed by atoms with van der Waals surface area (Å²) >= 11 is 5.46. The van der Waals surface area contributed by atoms with E-state index in [4.69, 9.17) is 11.6 Å². The van der Waals surface area contributed by atoms with Crippen LogP contribution in [0.1, 0.15) is 43.7 Å². The molecule has 0 radical (unpaired) electrons. The van der Waals surface area contributed by atoms with E-state index in [2.05, 4.69) is 26.0 Å². The summed E-state index contributed by atoms with van der Waals surface area (Å²) in [6.45, 7) is 6.09. The highest BCUT2D eigenvalue weighted by atomic mass is 35.5. The fourth-order valence-corrected chi connectivity index (χ4v) is 1.44. The normalized spacial score (nSPS) is 12.9. The molecule has 0 aromatic heterocycles. The summed E-state index contributed by atoms with van der Waals surface area (Å²) in [4.78, 5) is 11.0. The van der Waals surface area contributed by atoms with Gasteiger partial charge in [-0.3, -0.25) is 4.79 Å². The van der Waals surface area contributed by atoms with Gasteiger partial charge in [0.1, 0.15) is 0 Å². The van der Waals surface area contributed by atoms with E-state index in [0.29, 0.717) is 5.92 Å². The molecule has 76 valence electrons. The largest absolute Gasteiger partial charge is 0.281 e. The van der Waals surface area contributed by atoms with Gasteiger partial charge in [0.2, 0.25) is 5.24 Å². The molecule has 0 aliphatic rings. The maximum Gasteiger partial charge on any atom is 0.228 e. The molecule has 1 aromatic carbocycles. The van der Waals surface area contributed by atoms with Crippen molar-refractivity contribution in [2.75, 3.05) is 0 Å². The highest BCUT2D eigenvalue weighted by molar-refractivity contribution is 6.64. The van der Waals surface area contributed by atoms with Gasteiger partial charge in [0, 0.05) is 0 Å². The van der Waals surface area contributed by atoms with Crippen LogP contribution in [0.15, 0.2) is 24.3 Å². The number of carbonyl (C=O) groups is 1. The molecule has 0 amide bonds. The fourth-order valence-electron chi connectivity index (χ4n) is 1.32. The van der Waals surface area contributed by atoms with E-state index >= 15 is 0 Å². The van der Waals surface area contributed by atoms with Gasteiger partial charge in [-0.25, -0.2) is 0 Å². The summed E-state index contributed by atoms with van der Waals surface area (Å²) in [6.07, 6.45) is 0. The molecule has 0 bridgehead atoms. The van der Waals surface area contributed by atoms with E-state index in [0.717, 1.165) is 5.56 Å². The molecule has 14 heavy (non-hydrogen) atoms. The van der Waals surface area contributed by atoms with Crippen molar-refractivity contribution in [1.82, 2.24) is 0 Å². The molecule has 0 aliphatic carbocycles. The van der Waals surface area contributed by atoms with Gasteiger partial charge < -0.3 is 0 Å². The van der Waals surface area contributed by atoms with Crippen molar-refractivity contribution >= 4 is 16.8 Å². The van der Waals surface area contributed by atoms with Gasteiger partial charge in [-0.15, -0.1) is 0 Å². The lowest BCUT2D eigenvalue weighted by atomic mass is 9.96. The predicted octanol–water partition coefficient (Wildman–Crippen LogP) is 3.68. The third kappa shape index (κ3) is 2.58. The van der Waals surface area contributed by atoms with Crippen LogP contribution in [0.2, 0.25) is 0 Å². The first kappa shape index (κ1) is 11.3. The van der Waals surface area contributed by atoms with Crippen molar-refractivity contribution in [2.24, 2.45) is 0 Å². The molecule has 0 aliphatic heterocycles. The van der Waals surface area contributed by atoms with Crippen molar-refractivity contribution < 1.29 is 4.79 Å². The molecule has 1 atom stereocenters. The number of benzene rings is 1. The molecule has 0 saturated carbocycles. The molecule has 1 unspecified atom stereocenters. The Kier molecular flexibility index (Phi) is 3.70. The third-order valence-corrected chi connectivity index (χ3v) is 2.75. The van der Waals surface area contributed by atoms with Crippen LogP contribution >= 0.6 is 11.6 Å². The highest BCUT2D eigenvalue weighted by Gasteiger charge is 2.13. The molecule has 0 spiro atoms. The first-order valence-corrected chi connectivity index (χ1v) is 5.19. The van der Waals surface area contributed by atoms with Crippen LogP contribution in [0.25, 0.3) is 0 Å². The van der Waals surface area contributed by atoms with Crippen molar-refractivity contribution in [3.63, 3.8) is 0 Å². The smallest absolute Gasteiger partial charge is 0.228 e. The number of carbonyl (C=O) groups excluding carboxylic acids is 1. The summed E-state index contributed by atoms with van der Waals surface area (Å²) in [5.74, 6) is 0.267. The Hall–Kier alpha value is -0.820. The lowest BCUT2D eigenvalue weighted by Gasteiger charge is -2.10. The Labute approximate surface area is 90.1 Å². The minimum absolute atomic E-state index is 0.213. The van der Waals surface area contributed by atoms with E-state index in [1.54, 1.807) is 0 Å². The lowest BCUT2D eigenvalue weighted by molar-refractivity contribution is -0.112. The van der Waals surface area contributed by atoms with E-state index in [1.807, 2.05) is 19.1 Å². The van der Waals surface area contributed by atoms with E-state index in [-0.39, 0.29) is 11.2 Å². The molecule has 1 aromatic rings. The van der Waals surface area contributed by atoms with Crippen molar-refractivity contribution in [3.05, 3.63) is 35.4 Å². The molecule has 1 rings (SSSR count). The Balaban J connectivity index is 2.99. The van der Waals surface area contributed by atoms with E-state index in [9.17, 15) is 4.79 Å². The maximum atomic E-state index is 11.0. The van der Waals surface area contributed by atoms with Gasteiger partial charge in [-0.05, 0) is 28.6 Å². The standard InChI is InChI=1S/C12H15ClO/c1-8(2)10-5-4-6-11(7-10)9(3)12(13)14/h4-9H,1-3H3. The van der Waals surface area contributed by atoms with Crippen LogP contribution in [0.4, 0.5) is 0 Å². The molecular formula is C12H15ClO. The van der Waals surface area contributed by atoms with Crippen LogP contribution < -0.4 is 0 Å². The van der Waals surface area contributed by atoms with Crippen molar-refractivity contribution in [2.45, 2.75) is 32.6 Å². The zero-order valence-electron chi connectivity index (χ0n) is 8.75. The summed E-state index contributed by atoms with van der Waals surface area (Å²) in [6, 6.07) is 8.03. The Morgan fingerprint density at radius 1 is 1.21 bits per heavy atom. The molecule has 0 heterocycles. The minimum atomic E-state index is -0.300. The predicted molar refractivity (Wildman–Crippen MR) is 59.8 cm³/mol. The van der Waals surface area contributed by atoms with E-state index < -0.39 is 0 Å². The SMILES string of the molecule is CC(C)c1cccc(C(C)C(=O)Cl)c1. The number of hydrogen-bond acceptors (Lipinski definition) is 1. The Morgan fingerprint density at radius 2 is 1.79 bits per heavy atom. The quantitative estimate of drug-likeness (QED) is 0.696. The summed E-state index contributed by atoms with van der Waals surface area (Å²) < 4.78 is 0. The first-order valence-electron chi connectivity index (χ1n) is 4.81. The van der Waals surface area contributed by atoms with Gasteiger partial charge in [0.05, 0.1) is 5.92 Å². The second-order valence-electron chi connectivity index (χ2n) is 3.85. The maximum absolute atomic E-state index is 11.0. The van der Waals surface area contributed by atoms with Gasteiger partial charge in [-0.1, -0.05) is 45.0 Å². The second-order valence-corrected chi connectivity index (χ2v) is 4.22. The monoisotopic (exact) mass is 210 g/mol. The average Bonchev–Trinajstić information content (AvgIpc) is 2.16. The molecule has 0 N–H and O–H groups in total. The van der Waals surface area contributed by atoms with Crippen LogP contribution in [-0.2, 0) is 4.79 Å². The highest BCUT2D eigenvalue weighted by Crippen LogP contribution is 2.22. The van der Waals surface area contributed by atoms with Crippen molar-refractivity contribution in [1.29, 1.82) is 0 Å². The van der Waals surface area contributed by atoms with E-state index in [1.165, 1.54) is 5.56 Å². The Bertz CT molecular complexity index is 331. The fraction of sp³-hybridized carbons (Fsp3) is 0.417. The van der Waals surface area contributed by atoms with Gasteiger partial charge >= 0.3 is 0 Å². The molecule has 1 nitrogen and oxygen atoms in total. The molecule has 0 fully saturated rings. The summed E-state index contributed by atoms with van der Waals surface area (Å²) in [5, 5.41) is -0.300. The second kappa shape index (κ2) is 4.61. The van der Waals surface area contributed by atoms with Gasteiger partial charge in [0.25, 0.3) is 0 Å². The topological polar surface area (TPSA) is 17.1 Å². The zero-order chi connectivity index (χ0) is 10.7. The van der Waals surface area contributed by atoms with Gasteiger partial charge in [-0.2, -0.15) is 0 Å². The minimum Gasteiger partial charge on any atom is -0.281 e. The Morgan fingerprint density at radius 3 is 2.29 bits per heavy atom. The number of rotatable bonds is 3. The zero-order valence-corrected chi connectivity index (χ0v) is 9.51. The van der Waals surface area contributed by atoms with Crippen LogP contribution in [-0.4, -0.2) is 5.24 Å². The van der Waals surface area contributed by atoms with Gasteiger partial charge in [0.15, 0.2) is 0 Å². The van der Waals surface area contributed by atoms with Crippen LogP contribution in [0.3, 0.4) is 0 Å². The van der Waals surface area contributed by atoms with Crippen LogP contribution in [0, 0.1) is 0 Å². The van der Waals surface area contributed by atoms with Crippen LogP contribution in [0.5, 0.6) is 0 Å². The van der Waals surface area contributed by atoms with Crippen molar-refractivity contribution in [3.8, 4) is 0 Å². The first-order chi connectivity index (χ1) is 6.52. The molecular weight excluding hydrogens is 196 g/mol.